The molecule has 0 unspecified atom stereocenters. The first-order chi connectivity index (χ1) is 11.0. The molecule has 2 heterocycles. The van der Waals surface area contributed by atoms with Crippen molar-refractivity contribution in [2.45, 2.75) is 12.2 Å². The minimum absolute atomic E-state index is 0.0657. The Morgan fingerprint density at radius 1 is 1.13 bits per heavy atom. The first kappa shape index (κ1) is 16.8. The SMILES string of the molecule is O=S(=O)(Cc1ccc(F)cc1)N1CCN(C[C@@H]2CCOC2)CC1. The molecule has 2 fully saturated rings. The Hall–Kier alpha value is -1.02. The number of benzene rings is 1. The summed E-state index contributed by atoms with van der Waals surface area (Å²) in [5.41, 5.74) is 0.622. The maximum Gasteiger partial charge on any atom is 0.218 e. The van der Waals surface area contributed by atoms with Crippen LogP contribution in [0.25, 0.3) is 0 Å². The van der Waals surface area contributed by atoms with Crippen molar-refractivity contribution in [3.05, 3.63) is 35.6 Å². The van der Waals surface area contributed by atoms with Crippen LogP contribution in [0.5, 0.6) is 0 Å². The van der Waals surface area contributed by atoms with Gasteiger partial charge in [0.1, 0.15) is 5.82 Å². The van der Waals surface area contributed by atoms with E-state index in [1.165, 1.54) is 24.3 Å². The molecule has 0 amide bonds. The van der Waals surface area contributed by atoms with Crippen LogP contribution in [-0.4, -0.2) is 63.6 Å². The zero-order valence-electron chi connectivity index (χ0n) is 13.2. The first-order valence-corrected chi connectivity index (χ1v) is 9.66. The molecule has 1 aromatic carbocycles. The Balaban J connectivity index is 1.52. The van der Waals surface area contributed by atoms with Crippen molar-refractivity contribution in [3.8, 4) is 0 Å². The van der Waals surface area contributed by atoms with E-state index in [0.29, 0.717) is 24.6 Å². The van der Waals surface area contributed by atoms with Crippen molar-refractivity contribution in [2.75, 3.05) is 45.9 Å². The average Bonchev–Trinajstić information content (AvgIpc) is 3.03. The number of ether oxygens (including phenoxy) is 1. The quantitative estimate of drug-likeness (QED) is 0.810. The highest BCUT2D eigenvalue weighted by Crippen LogP contribution is 2.17. The predicted molar refractivity (Wildman–Crippen MR) is 86.0 cm³/mol. The second-order valence-corrected chi connectivity index (χ2v) is 8.28. The zero-order chi connectivity index (χ0) is 16.3. The van der Waals surface area contributed by atoms with Gasteiger partial charge in [-0.15, -0.1) is 0 Å². The molecular weight excluding hydrogens is 319 g/mol. The van der Waals surface area contributed by atoms with E-state index in [9.17, 15) is 12.8 Å². The molecule has 0 aromatic heterocycles. The fourth-order valence-corrected chi connectivity index (χ4v) is 4.68. The predicted octanol–water partition coefficient (Wildman–Crippen LogP) is 1.31. The molecule has 2 aliphatic heterocycles. The summed E-state index contributed by atoms with van der Waals surface area (Å²) < 4.78 is 44.8. The fraction of sp³-hybridized carbons (Fsp3) is 0.625. The summed E-state index contributed by atoms with van der Waals surface area (Å²) in [6.07, 6.45) is 1.10. The van der Waals surface area contributed by atoms with E-state index in [4.69, 9.17) is 4.74 Å². The molecule has 2 aliphatic rings. The number of halogens is 1. The second-order valence-electron chi connectivity index (χ2n) is 6.31. The van der Waals surface area contributed by atoms with Crippen molar-refractivity contribution in [3.63, 3.8) is 0 Å². The standard InChI is InChI=1S/C16H23FN2O3S/c17-16-3-1-14(2-4-16)13-23(20,21)19-8-6-18(7-9-19)11-15-5-10-22-12-15/h1-4,15H,5-13H2/t15-/m0/s1. The van der Waals surface area contributed by atoms with E-state index in [1.54, 1.807) is 4.31 Å². The van der Waals surface area contributed by atoms with Gasteiger partial charge in [-0.3, -0.25) is 0 Å². The van der Waals surface area contributed by atoms with Crippen LogP contribution in [0.15, 0.2) is 24.3 Å². The molecule has 3 rings (SSSR count). The number of sulfonamides is 1. The molecule has 7 heteroatoms. The van der Waals surface area contributed by atoms with Crippen molar-refractivity contribution in [2.24, 2.45) is 5.92 Å². The van der Waals surface area contributed by atoms with Crippen LogP contribution in [0, 0.1) is 11.7 Å². The lowest BCUT2D eigenvalue weighted by Crippen LogP contribution is -2.50. The summed E-state index contributed by atoms with van der Waals surface area (Å²) in [6, 6.07) is 5.66. The van der Waals surface area contributed by atoms with Gasteiger partial charge in [0.15, 0.2) is 0 Å². The topological polar surface area (TPSA) is 49.9 Å². The molecule has 0 radical (unpaired) electrons. The highest BCUT2D eigenvalue weighted by atomic mass is 32.2. The number of hydrogen-bond donors (Lipinski definition) is 0. The Bertz CT molecular complexity index is 607. The molecule has 5 nitrogen and oxygen atoms in total. The fourth-order valence-electron chi connectivity index (χ4n) is 3.17. The van der Waals surface area contributed by atoms with Crippen molar-refractivity contribution < 1.29 is 17.5 Å². The Labute approximate surface area is 137 Å². The van der Waals surface area contributed by atoms with E-state index in [0.717, 1.165) is 39.3 Å². The van der Waals surface area contributed by atoms with Gasteiger partial charge in [0, 0.05) is 39.3 Å². The summed E-state index contributed by atoms with van der Waals surface area (Å²) in [4.78, 5) is 2.32. The molecule has 2 saturated heterocycles. The summed E-state index contributed by atoms with van der Waals surface area (Å²) in [5.74, 6) is 0.164. The molecule has 0 bridgehead atoms. The summed E-state index contributed by atoms with van der Waals surface area (Å²) in [7, 11) is -3.34. The molecule has 23 heavy (non-hydrogen) atoms. The normalized spacial score (nSPS) is 24.1. The minimum Gasteiger partial charge on any atom is -0.381 e. The summed E-state index contributed by atoms with van der Waals surface area (Å²) in [6.45, 7) is 5.23. The third-order valence-electron chi connectivity index (χ3n) is 4.53. The summed E-state index contributed by atoms with van der Waals surface area (Å²) >= 11 is 0. The van der Waals surface area contributed by atoms with Crippen LogP contribution in [-0.2, 0) is 20.5 Å². The van der Waals surface area contributed by atoms with E-state index in [-0.39, 0.29) is 11.6 Å². The van der Waals surface area contributed by atoms with Crippen LogP contribution in [0.3, 0.4) is 0 Å². The van der Waals surface area contributed by atoms with Crippen molar-refractivity contribution >= 4 is 10.0 Å². The van der Waals surface area contributed by atoms with Gasteiger partial charge in [-0.25, -0.2) is 12.8 Å². The molecule has 0 aliphatic carbocycles. The van der Waals surface area contributed by atoms with Gasteiger partial charge in [-0.1, -0.05) is 12.1 Å². The van der Waals surface area contributed by atoms with Crippen LogP contribution in [0.1, 0.15) is 12.0 Å². The maximum absolute atomic E-state index is 12.9. The third-order valence-corrected chi connectivity index (χ3v) is 6.38. The van der Waals surface area contributed by atoms with Crippen LogP contribution < -0.4 is 0 Å². The van der Waals surface area contributed by atoms with Crippen LogP contribution in [0.2, 0.25) is 0 Å². The van der Waals surface area contributed by atoms with Gasteiger partial charge < -0.3 is 9.64 Å². The number of rotatable bonds is 5. The van der Waals surface area contributed by atoms with Crippen molar-refractivity contribution in [1.82, 2.24) is 9.21 Å². The first-order valence-electron chi connectivity index (χ1n) is 8.05. The average molecular weight is 342 g/mol. The largest absolute Gasteiger partial charge is 0.381 e. The van der Waals surface area contributed by atoms with Gasteiger partial charge in [0.25, 0.3) is 0 Å². The minimum atomic E-state index is -3.34. The molecule has 1 aromatic rings. The van der Waals surface area contributed by atoms with E-state index in [2.05, 4.69) is 4.90 Å². The molecule has 128 valence electrons. The third kappa shape index (κ3) is 4.50. The van der Waals surface area contributed by atoms with Gasteiger partial charge in [-0.2, -0.15) is 4.31 Å². The smallest absolute Gasteiger partial charge is 0.218 e. The molecule has 0 spiro atoms. The molecular formula is C16H23FN2O3S. The Kier molecular flexibility index (Phi) is 5.31. The van der Waals surface area contributed by atoms with Crippen LogP contribution >= 0.6 is 0 Å². The lowest BCUT2D eigenvalue weighted by molar-refractivity contribution is 0.143. The van der Waals surface area contributed by atoms with E-state index < -0.39 is 10.0 Å². The number of piperazine rings is 1. The molecule has 0 N–H and O–H groups in total. The second kappa shape index (κ2) is 7.25. The van der Waals surface area contributed by atoms with Gasteiger partial charge in [-0.05, 0) is 30.0 Å². The highest BCUT2D eigenvalue weighted by Gasteiger charge is 2.28. The van der Waals surface area contributed by atoms with Gasteiger partial charge >= 0.3 is 0 Å². The maximum atomic E-state index is 12.9. The Morgan fingerprint density at radius 2 is 1.83 bits per heavy atom. The van der Waals surface area contributed by atoms with Crippen molar-refractivity contribution in [1.29, 1.82) is 0 Å². The van der Waals surface area contributed by atoms with Gasteiger partial charge in [0.05, 0.1) is 12.4 Å². The number of nitrogens with zero attached hydrogens (tertiary/aromatic N) is 2. The lowest BCUT2D eigenvalue weighted by atomic mass is 10.1. The summed E-state index contributed by atoms with van der Waals surface area (Å²) in [5, 5.41) is 0. The number of hydrogen-bond acceptors (Lipinski definition) is 4. The lowest BCUT2D eigenvalue weighted by Gasteiger charge is -2.35. The zero-order valence-corrected chi connectivity index (χ0v) is 14.0. The molecule has 1 atom stereocenters. The highest BCUT2D eigenvalue weighted by molar-refractivity contribution is 7.88. The monoisotopic (exact) mass is 342 g/mol. The van der Waals surface area contributed by atoms with E-state index in [1.807, 2.05) is 0 Å². The molecule has 0 saturated carbocycles. The van der Waals surface area contributed by atoms with Gasteiger partial charge in [0.2, 0.25) is 10.0 Å². The van der Waals surface area contributed by atoms with Crippen LogP contribution in [0.4, 0.5) is 4.39 Å². The Morgan fingerprint density at radius 3 is 2.43 bits per heavy atom. The van der Waals surface area contributed by atoms with E-state index >= 15 is 0 Å².